The molecule has 4 rings (SSSR count). The predicted octanol–water partition coefficient (Wildman–Crippen LogP) is 2.21. The summed E-state index contributed by atoms with van der Waals surface area (Å²) in [5.74, 6) is 0.268. The average molecular weight is 445 g/mol. The van der Waals surface area contributed by atoms with Gasteiger partial charge in [0.1, 0.15) is 13.2 Å². The fourth-order valence-corrected chi connectivity index (χ4v) is 5.05. The van der Waals surface area contributed by atoms with Crippen LogP contribution in [0.2, 0.25) is 0 Å². The van der Waals surface area contributed by atoms with E-state index in [0.29, 0.717) is 43.4 Å². The molecule has 0 radical (unpaired) electrons. The molecule has 164 valence electrons. The van der Waals surface area contributed by atoms with Crippen LogP contribution in [0.1, 0.15) is 28.8 Å². The van der Waals surface area contributed by atoms with Crippen LogP contribution >= 0.6 is 0 Å². The van der Waals surface area contributed by atoms with Gasteiger partial charge in [0.25, 0.3) is 0 Å². The first-order valence-electron chi connectivity index (χ1n) is 10.1. The largest absolute Gasteiger partial charge is 0.486 e. The van der Waals surface area contributed by atoms with Crippen molar-refractivity contribution in [1.82, 2.24) is 4.31 Å². The molecule has 2 aromatic rings. The molecular formula is C22H23NO7S. The monoisotopic (exact) mass is 445 g/mol. The number of hydrogen-bond donors (Lipinski definition) is 0. The Labute approximate surface area is 180 Å². The number of ether oxygens (including phenoxy) is 3. The lowest BCUT2D eigenvalue weighted by atomic mass is 10.1. The van der Waals surface area contributed by atoms with E-state index in [-0.39, 0.29) is 16.9 Å². The molecule has 0 atom stereocenters. The number of benzene rings is 2. The van der Waals surface area contributed by atoms with Crippen LogP contribution in [0.25, 0.3) is 0 Å². The lowest BCUT2D eigenvalue weighted by Gasteiger charge is -2.18. The smallest absolute Gasteiger partial charge is 0.310 e. The van der Waals surface area contributed by atoms with Gasteiger partial charge in [0.05, 0.1) is 11.3 Å². The standard InChI is InChI=1S/C22H23NO7S/c24-19(17-4-6-18(7-5-17)31(26,27)23-9-1-2-10-23)15-30-22(25)14-16-3-8-20-21(13-16)29-12-11-28-20/h3-8,13H,1-2,9-12,14-15H2. The fourth-order valence-electron chi connectivity index (χ4n) is 3.54. The summed E-state index contributed by atoms with van der Waals surface area (Å²) in [6.45, 7) is 1.56. The maximum Gasteiger partial charge on any atom is 0.310 e. The first kappa shape index (κ1) is 21.3. The van der Waals surface area contributed by atoms with Crippen molar-refractivity contribution in [3.05, 3.63) is 53.6 Å². The number of carbonyl (C=O) groups excluding carboxylic acids is 2. The van der Waals surface area contributed by atoms with Crippen molar-refractivity contribution in [1.29, 1.82) is 0 Å². The summed E-state index contributed by atoms with van der Waals surface area (Å²) < 4.78 is 42.6. The molecule has 0 spiro atoms. The Hall–Kier alpha value is -2.91. The van der Waals surface area contributed by atoms with Gasteiger partial charge in [-0.1, -0.05) is 6.07 Å². The lowest BCUT2D eigenvalue weighted by molar-refractivity contribution is -0.141. The minimum Gasteiger partial charge on any atom is -0.486 e. The molecule has 2 aliphatic heterocycles. The number of fused-ring (bicyclic) bond motifs is 1. The van der Waals surface area contributed by atoms with Gasteiger partial charge in [-0.2, -0.15) is 4.31 Å². The third-order valence-electron chi connectivity index (χ3n) is 5.20. The molecule has 31 heavy (non-hydrogen) atoms. The zero-order valence-electron chi connectivity index (χ0n) is 16.9. The third-order valence-corrected chi connectivity index (χ3v) is 7.11. The van der Waals surface area contributed by atoms with E-state index < -0.39 is 28.4 Å². The second-order valence-electron chi connectivity index (χ2n) is 7.37. The topological polar surface area (TPSA) is 99.2 Å². The normalized spacial score (nSPS) is 16.1. The molecule has 1 saturated heterocycles. The number of nitrogens with zero attached hydrogens (tertiary/aromatic N) is 1. The molecule has 0 N–H and O–H groups in total. The van der Waals surface area contributed by atoms with Crippen molar-refractivity contribution < 1.29 is 32.2 Å². The van der Waals surface area contributed by atoms with Gasteiger partial charge in [-0.05, 0) is 54.8 Å². The quantitative estimate of drug-likeness (QED) is 0.476. The highest BCUT2D eigenvalue weighted by Gasteiger charge is 2.27. The van der Waals surface area contributed by atoms with E-state index in [9.17, 15) is 18.0 Å². The molecule has 0 aliphatic carbocycles. The van der Waals surface area contributed by atoms with Crippen molar-refractivity contribution in [2.45, 2.75) is 24.2 Å². The second kappa shape index (κ2) is 9.07. The Kier molecular flexibility index (Phi) is 6.24. The number of ketones is 1. The first-order chi connectivity index (χ1) is 14.9. The van der Waals surface area contributed by atoms with Crippen LogP contribution in [0.3, 0.4) is 0 Å². The van der Waals surface area contributed by atoms with Crippen LogP contribution in [-0.2, 0) is 26.0 Å². The fraction of sp³-hybridized carbons (Fsp3) is 0.364. The molecule has 2 aromatic carbocycles. The highest BCUT2D eigenvalue weighted by atomic mass is 32.2. The Morgan fingerprint density at radius 3 is 2.32 bits per heavy atom. The maximum absolute atomic E-state index is 12.5. The summed E-state index contributed by atoms with van der Waals surface area (Å²) in [4.78, 5) is 24.6. The van der Waals surface area contributed by atoms with Crippen molar-refractivity contribution >= 4 is 21.8 Å². The van der Waals surface area contributed by atoms with Crippen molar-refractivity contribution in [3.63, 3.8) is 0 Å². The molecule has 0 amide bonds. The Morgan fingerprint density at radius 2 is 1.61 bits per heavy atom. The molecule has 0 bridgehead atoms. The molecule has 2 heterocycles. The third kappa shape index (κ3) is 4.88. The van der Waals surface area contributed by atoms with E-state index in [2.05, 4.69) is 0 Å². The van der Waals surface area contributed by atoms with E-state index in [0.717, 1.165) is 12.8 Å². The van der Waals surface area contributed by atoms with Crippen LogP contribution in [0.5, 0.6) is 11.5 Å². The predicted molar refractivity (Wildman–Crippen MR) is 111 cm³/mol. The van der Waals surface area contributed by atoms with Crippen LogP contribution in [0.15, 0.2) is 47.4 Å². The summed E-state index contributed by atoms with van der Waals surface area (Å²) in [7, 11) is -3.53. The summed E-state index contributed by atoms with van der Waals surface area (Å²) in [5, 5.41) is 0. The summed E-state index contributed by atoms with van der Waals surface area (Å²) in [6, 6.07) is 10.9. The first-order valence-corrected chi connectivity index (χ1v) is 11.5. The number of esters is 1. The molecule has 0 unspecified atom stereocenters. The van der Waals surface area contributed by atoms with Crippen LogP contribution < -0.4 is 9.47 Å². The summed E-state index contributed by atoms with van der Waals surface area (Å²) >= 11 is 0. The Balaban J connectivity index is 1.31. The summed E-state index contributed by atoms with van der Waals surface area (Å²) in [5.41, 5.74) is 0.977. The van der Waals surface area contributed by atoms with Gasteiger partial charge < -0.3 is 14.2 Å². The van der Waals surface area contributed by atoms with Crippen LogP contribution in [-0.4, -0.2) is 57.4 Å². The van der Waals surface area contributed by atoms with Crippen LogP contribution in [0, 0.1) is 0 Å². The highest BCUT2D eigenvalue weighted by Crippen LogP contribution is 2.31. The van der Waals surface area contributed by atoms with Gasteiger partial charge in [-0.15, -0.1) is 0 Å². The molecule has 2 aliphatic rings. The lowest BCUT2D eigenvalue weighted by Crippen LogP contribution is -2.27. The van der Waals surface area contributed by atoms with Gasteiger partial charge in [0, 0.05) is 18.7 Å². The average Bonchev–Trinajstić information content (AvgIpc) is 3.33. The Bertz CT molecular complexity index is 1070. The minimum absolute atomic E-state index is 0.00304. The number of Topliss-reactive ketones (excluding diaryl/α,β-unsaturated/α-hetero) is 1. The van der Waals surface area contributed by atoms with Crippen molar-refractivity contribution in [3.8, 4) is 11.5 Å². The number of sulfonamides is 1. The zero-order valence-corrected chi connectivity index (χ0v) is 17.7. The number of rotatable bonds is 7. The summed E-state index contributed by atoms with van der Waals surface area (Å²) in [6.07, 6.45) is 1.71. The molecule has 1 fully saturated rings. The SMILES string of the molecule is O=C(Cc1ccc2c(c1)OCCO2)OCC(=O)c1ccc(S(=O)(=O)N2CCCC2)cc1. The van der Waals surface area contributed by atoms with Gasteiger partial charge in [-0.3, -0.25) is 9.59 Å². The molecular weight excluding hydrogens is 422 g/mol. The van der Waals surface area contributed by atoms with Gasteiger partial charge in [-0.25, -0.2) is 8.42 Å². The van der Waals surface area contributed by atoms with Crippen molar-refractivity contribution in [2.24, 2.45) is 0 Å². The van der Waals surface area contributed by atoms with Gasteiger partial charge in [0.15, 0.2) is 23.9 Å². The van der Waals surface area contributed by atoms with E-state index in [1.54, 1.807) is 18.2 Å². The van der Waals surface area contributed by atoms with E-state index in [1.807, 2.05) is 0 Å². The van der Waals surface area contributed by atoms with E-state index in [4.69, 9.17) is 14.2 Å². The minimum atomic E-state index is -3.53. The Morgan fingerprint density at radius 1 is 0.935 bits per heavy atom. The van der Waals surface area contributed by atoms with E-state index >= 15 is 0 Å². The molecule has 8 nitrogen and oxygen atoms in total. The van der Waals surface area contributed by atoms with Crippen molar-refractivity contribution in [2.75, 3.05) is 32.9 Å². The maximum atomic E-state index is 12.5. The molecule has 9 heteroatoms. The number of carbonyl (C=O) groups is 2. The van der Waals surface area contributed by atoms with Gasteiger partial charge >= 0.3 is 5.97 Å². The van der Waals surface area contributed by atoms with E-state index in [1.165, 1.54) is 28.6 Å². The van der Waals surface area contributed by atoms with Crippen LogP contribution in [0.4, 0.5) is 0 Å². The highest BCUT2D eigenvalue weighted by molar-refractivity contribution is 7.89. The van der Waals surface area contributed by atoms with Gasteiger partial charge in [0.2, 0.25) is 10.0 Å². The second-order valence-corrected chi connectivity index (χ2v) is 9.31. The number of hydrogen-bond acceptors (Lipinski definition) is 7. The molecule has 0 saturated carbocycles. The molecule has 0 aromatic heterocycles. The zero-order chi connectivity index (χ0) is 21.8.